The van der Waals surface area contributed by atoms with Crippen LogP contribution in [0.25, 0.3) is 0 Å². The number of ether oxygens (including phenoxy) is 1. The topological polar surface area (TPSA) is 79.6 Å². The van der Waals surface area contributed by atoms with Crippen molar-refractivity contribution in [1.82, 2.24) is 30.3 Å². The van der Waals surface area contributed by atoms with Gasteiger partial charge in [-0.2, -0.15) is 5.10 Å². The third-order valence-corrected chi connectivity index (χ3v) is 3.12. The first kappa shape index (κ1) is 17.4. The van der Waals surface area contributed by atoms with Crippen molar-refractivity contribution in [2.45, 2.75) is 13.0 Å². The van der Waals surface area contributed by atoms with Crippen LogP contribution >= 0.6 is 0 Å². The molecule has 8 heteroatoms. The second-order valence-electron chi connectivity index (χ2n) is 4.80. The Balaban J connectivity index is 2.18. The van der Waals surface area contributed by atoms with E-state index in [0.29, 0.717) is 6.54 Å². The highest BCUT2D eigenvalue weighted by molar-refractivity contribution is 5.79. The van der Waals surface area contributed by atoms with Gasteiger partial charge in [0.05, 0.1) is 6.54 Å². The molecule has 1 aromatic rings. The summed E-state index contributed by atoms with van der Waals surface area (Å²) in [6.45, 7) is 4.22. The zero-order valence-electron chi connectivity index (χ0n) is 13.5. The van der Waals surface area contributed by atoms with E-state index in [9.17, 15) is 0 Å². The van der Waals surface area contributed by atoms with Crippen LogP contribution in [0.1, 0.15) is 12.2 Å². The van der Waals surface area contributed by atoms with Gasteiger partial charge < -0.3 is 20.3 Å². The maximum Gasteiger partial charge on any atom is 0.191 e. The Hall–Kier alpha value is -1.67. The first-order valence-electron chi connectivity index (χ1n) is 7.12. The summed E-state index contributed by atoms with van der Waals surface area (Å²) in [5.41, 5.74) is 0. The van der Waals surface area contributed by atoms with E-state index in [1.807, 2.05) is 7.05 Å². The monoisotopic (exact) mass is 297 g/mol. The largest absolute Gasteiger partial charge is 0.385 e. The Morgan fingerprint density at radius 1 is 1.43 bits per heavy atom. The molecule has 0 aliphatic heterocycles. The van der Waals surface area contributed by atoms with Gasteiger partial charge in [0, 0.05) is 47.4 Å². The number of hydrogen-bond acceptors (Lipinski definition) is 5. The van der Waals surface area contributed by atoms with Crippen LogP contribution in [0, 0.1) is 0 Å². The molecule has 0 unspecified atom stereocenters. The number of guanidine groups is 1. The molecular weight excluding hydrogens is 270 g/mol. The molecule has 0 aliphatic carbocycles. The van der Waals surface area contributed by atoms with E-state index >= 15 is 0 Å². The standard InChI is InChI=1S/C13H27N7O/c1-14-13(16-10-12-17-11-18-20(12)3)15-6-8-19(2)7-5-9-21-4/h11H,5-10H2,1-4H3,(H2,14,15,16). The van der Waals surface area contributed by atoms with E-state index in [1.165, 1.54) is 0 Å². The Morgan fingerprint density at radius 2 is 2.24 bits per heavy atom. The van der Waals surface area contributed by atoms with Crippen molar-refractivity contribution < 1.29 is 4.74 Å². The maximum atomic E-state index is 5.04. The molecule has 0 saturated heterocycles. The van der Waals surface area contributed by atoms with Crippen LogP contribution in [0.5, 0.6) is 0 Å². The number of methoxy groups -OCH3 is 1. The van der Waals surface area contributed by atoms with Crippen molar-refractivity contribution >= 4 is 5.96 Å². The molecule has 0 spiro atoms. The van der Waals surface area contributed by atoms with Crippen molar-refractivity contribution in [3.8, 4) is 0 Å². The molecule has 0 fully saturated rings. The van der Waals surface area contributed by atoms with Crippen molar-refractivity contribution in [2.24, 2.45) is 12.0 Å². The number of rotatable bonds is 9. The third kappa shape index (κ3) is 7.05. The highest BCUT2D eigenvalue weighted by Gasteiger charge is 2.03. The minimum Gasteiger partial charge on any atom is -0.385 e. The van der Waals surface area contributed by atoms with Crippen molar-refractivity contribution in [3.05, 3.63) is 12.2 Å². The first-order valence-corrected chi connectivity index (χ1v) is 7.12. The lowest BCUT2D eigenvalue weighted by molar-refractivity contribution is 0.180. The van der Waals surface area contributed by atoms with Gasteiger partial charge in [-0.15, -0.1) is 0 Å². The summed E-state index contributed by atoms with van der Waals surface area (Å²) in [4.78, 5) is 10.6. The van der Waals surface area contributed by atoms with Gasteiger partial charge in [0.25, 0.3) is 0 Å². The molecule has 21 heavy (non-hydrogen) atoms. The van der Waals surface area contributed by atoms with Gasteiger partial charge in [0.1, 0.15) is 12.2 Å². The smallest absolute Gasteiger partial charge is 0.191 e. The molecule has 1 heterocycles. The molecular formula is C13H27N7O. The van der Waals surface area contributed by atoms with Gasteiger partial charge in [-0.25, -0.2) is 4.98 Å². The molecule has 8 nitrogen and oxygen atoms in total. The maximum absolute atomic E-state index is 5.04. The molecule has 0 amide bonds. The zero-order chi connectivity index (χ0) is 15.5. The summed E-state index contributed by atoms with van der Waals surface area (Å²) in [6, 6.07) is 0. The molecule has 0 aliphatic rings. The number of nitrogens with one attached hydrogen (secondary N) is 2. The van der Waals surface area contributed by atoms with E-state index in [4.69, 9.17) is 4.74 Å². The minimum atomic E-state index is 0.597. The summed E-state index contributed by atoms with van der Waals surface area (Å²) in [5.74, 6) is 1.64. The lowest BCUT2D eigenvalue weighted by Gasteiger charge is -2.18. The first-order chi connectivity index (χ1) is 10.2. The van der Waals surface area contributed by atoms with E-state index in [-0.39, 0.29) is 0 Å². The lowest BCUT2D eigenvalue weighted by atomic mass is 10.4. The van der Waals surface area contributed by atoms with Gasteiger partial charge in [-0.3, -0.25) is 9.67 Å². The molecule has 120 valence electrons. The van der Waals surface area contributed by atoms with E-state index in [1.54, 1.807) is 25.2 Å². The quantitative estimate of drug-likeness (QED) is 0.362. The van der Waals surface area contributed by atoms with E-state index in [2.05, 4.69) is 37.7 Å². The number of likely N-dealkylation sites (N-methyl/N-ethyl adjacent to an activating group) is 1. The summed E-state index contributed by atoms with van der Waals surface area (Å²) in [6.07, 6.45) is 2.59. The SMILES string of the molecule is CN=C(NCCN(C)CCCOC)NCc1ncnn1C. The second kappa shape index (κ2) is 10.1. The van der Waals surface area contributed by atoms with Crippen LogP contribution in [0.2, 0.25) is 0 Å². The average molecular weight is 297 g/mol. The summed E-state index contributed by atoms with van der Waals surface area (Å²) < 4.78 is 6.78. The van der Waals surface area contributed by atoms with Gasteiger partial charge in [0.2, 0.25) is 0 Å². The molecule has 0 bridgehead atoms. The van der Waals surface area contributed by atoms with Crippen LogP contribution in [-0.2, 0) is 18.3 Å². The average Bonchev–Trinajstić information content (AvgIpc) is 2.88. The van der Waals surface area contributed by atoms with Crippen LogP contribution in [0.3, 0.4) is 0 Å². The molecule has 1 aromatic heterocycles. The van der Waals surface area contributed by atoms with Crippen molar-refractivity contribution in [3.63, 3.8) is 0 Å². The van der Waals surface area contributed by atoms with Gasteiger partial charge in [0.15, 0.2) is 5.96 Å². The van der Waals surface area contributed by atoms with Crippen LogP contribution < -0.4 is 10.6 Å². The molecule has 1 rings (SSSR count). The predicted octanol–water partition coefficient (Wildman–Crippen LogP) is -0.552. The fourth-order valence-corrected chi connectivity index (χ4v) is 1.82. The summed E-state index contributed by atoms with van der Waals surface area (Å²) in [7, 11) is 7.46. The number of nitrogens with zero attached hydrogens (tertiary/aromatic N) is 5. The third-order valence-electron chi connectivity index (χ3n) is 3.12. The van der Waals surface area contributed by atoms with E-state index < -0.39 is 0 Å². The fourth-order valence-electron chi connectivity index (χ4n) is 1.82. The highest BCUT2D eigenvalue weighted by Crippen LogP contribution is 1.89. The van der Waals surface area contributed by atoms with Gasteiger partial charge in [-0.05, 0) is 13.5 Å². The zero-order valence-corrected chi connectivity index (χ0v) is 13.5. The molecule has 0 aromatic carbocycles. The van der Waals surface area contributed by atoms with Crippen molar-refractivity contribution in [2.75, 3.05) is 47.4 Å². The van der Waals surface area contributed by atoms with E-state index in [0.717, 1.165) is 44.4 Å². The normalized spacial score (nSPS) is 12.0. The molecule has 0 radical (unpaired) electrons. The Labute approximate surface area is 126 Å². The molecule has 0 saturated carbocycles. The number of aryl methyl sites for hydroxylation is 1. The van der Waals surface area contributed by atoms with Gasteiger partial charge >= 0.3 is 0 Å². The van der Waals surface area contributed by atoms with Crippen LogP contribution in [0.15, 0.2) is 11.3 Å². The number of aromatic nitrogens is 3. The van der Waals surface area contributed by atoms with Crippen LogP contribution in [-0.4, -0.2) is 73.1 Å². The number of aliphatic imine (C=N–C) groups is 1. The molecule has 0 atom stereocenters. The minimum absolute atomic E-state index is 0.597. The fraction of sp³-hybridized carbons (Fsp3) is 0.769. The number of hydrogen-bond donors (Lipinski definition) is 2. The Kier molecular flexibility index (Phi) is 8.37. The highest BCUT2D eigenvalue weighted by atomic mass is 16.5. The molecule has 2 N–H and O–H groups in total. The predicted molar refractivity (Wildman–Crippen MR) is 83.2 cm³/mol. The van der Waals surface area contributed by atoms with Gasteiger partial charge in [-0.1, -0.05) is 0 Å². The second-order valence-corrected chi connectivity index (χ2v) is 4.80. The van der Waals surface area contributed by atoms with Crippen molar-refractivity contribution in [1.29, 1.82) is 0 Å². The summed E-state index contributed by atoms with van der Waals surface area (Å²) in [5, 5.41) is 10.5. The summed E-state index contributed by atoms with van der Waals surface area (Å²) >= 11 is 0. The Bertz CT molecular complexity index is 418. The lowest BCUT2D eigenvalue weighted by Crippen LogP contribution is -2.41. The Morgan fingerprint density at radius 3 is 2.86 bits per heavy atom. The van der Waals surface area contributed by atoms with Crippen LogP contribution in [0.4, 0.5) is 0 Å².